The van der Waals surface area contributed by atoms with Gasteiger partial charge in [-0.2, -0.15) is 29.5 Å². The molecule has 0 unspecified atom stereocenters. The maximum Gasteiger partial charge on any atom is 0.0920 e. The van der Waals surface area contributed by atoms with Crippen molar-refractivity contribution in [2.45, 2.75) is 19.8 Å². The zero-order valence-electron chi connectivity index (χ0n) is 25.8. The van der Waals surface area contributed by atoms with Crippen LogP contribution in [0.4, 0.5) is 0 Å². The van der Waals surface area contributed by atoms with E-state index in [-0.39, 0.29) is 0 Å². The summed E-state index contributed by atoms with van der Waals surface area (Å²) in [6.07, 6.45) is 0. The van der Waals surface area contributed by atoms with Crippen LogP contribution in [-0.2, 0) is 20.8 Å². The van der Waals surface area contributed by atoms with Gasteiger partial charge < -0.3 is 0 Å². The van der Waals surface area contributed by atoms with Crippen molar-refractivity contribution in [2.75, 3.05) is 0 Å². The summed E-state index contributed by atoms with van der Waals surface area (Å²) in [6.45, 7) is 4.58. The molecule has 2 radical (unpaired) electrons. The van der Waals surface area contributed by atoms with Crippen molar-refractivity contribution in [1.82, 2.24) is 0 Å². The molecular weight excluding hydrogens is 695 g/mol. The van der Waals surface area contributed by atoms with Gasteiger partial charge in [0.1, 0.15) is 0 Å². The van der Waals surface area contributed by atoms with Gasteiger partial charge in [0, 0.05) is 0 Å². The Morgan fingerprint density at radius 2 is 1.22 bits per heavy atom. The number of rotatable bonds is 4. The van der Waals surface area contributed by atoms with Crippen LogP contribution in [0.2, 0.25) is 0 Å². The molecule has 7 aromatic rings. The Bertz CT molecular complexity index is 2000. The van der Waals surface area contributed by atoms with Crippen LogP contribution in [0.15, 0.2) is 152 Å². The fourth-order valence-electron chi connectivity index (χ4n) is 6.17. The number of halogens is 2. The summed E-state index contributed by atoms with van der Waals surface area (Å²) in [5.74, 6) is 0.448. The van der Waals surface area contributed by atoms with Crippen LogP contribution in [0.3, 0.4) is 0 Å². The standard InChI is InChI=1S/C30H25.C12H7Si.2ClH.Zr/c1-21(2)26-18-17-24-19-25(22-11-5-3-6-12-22)20-29(24)30(26)28-16-10-9-15-27(28)23-13-7-4-8-14-23;1-3-7-11-9(5-1)10-6-2-4-8-12(10)13-11;;;/h3-21H,1-2H3;1-7H;2*1H;/q2*-1;;;+4/p-2. The minimum absolute atomic E-state index is 0.448. The summed E-state index contributed by atoms with van der Waals surface area (Å²) in [5.41, 5.74) is 11.9. The van der Waals surface area contributed by atoms with Gasteiger partial charge in [-0.05, 0) is 28.2 Å². The van der Waals surface area contributed by atoms with Crippen LogP contribution < -0.4 is 10.4 Å². The van der Waals surface area contributed by atoms with Crippen molar-refractivity contribution in [1.29, 1.82) is 0 Å². The third-order valence-corrected chi connectivity index (χ3v) is 9.63. The fourth-order valence-corrected chi connectivity index (χ4v) is 7.48. The second-order valence-electron chi connectivity index (χ2n) is 11.4. The first-order valence-electron chi connectivity index (χ1n) is 15.4. The van der Waals surface area contributed by atoms with Crippen molar-refractivity contribution < 1.29 is 20.8 Å². The van der Waals surface area contributed by atoms with Crippen LogP contribution in [0.25, 0.3) is 55.3 Å². The average molecular weight is 727 g/mol. The molecule has 0 nitrogen and oxygen atoms in total. The van der Waals surface area contributed by atoms with Gasteiger partial charge in [0.15, 0.2) is 0 Å². The average Bonchev–Trinajstić information content (AvgIpc) is 3.71. The molecule has 1 aliphatic rings. The van der Waals surface area contributed by atoms with Crippen LogP contribution in [0.1, 0.15) is 25.3 Å². The minimum atomic E-state index is -0.826. The summed E-state index contributed by atoms with van der Waals surface area (Å²) in [4.78, 5) is 0. The number of benzene rings is 6. The van der Waals surface area contributed by atoms with Crippen molar-refractivity contribution in [3.8, 4) is 44.5 Å². The smallest absolute Gasteiger partial charge is 0.0920 e. The first-order valence-corrected chi connectivity index (χ1v) is 22.7. The summed E-state index contributed by atoms with van der Waals surface area (Å²) in [6, 6.07) is 57.7. The van der Waals surface area contributed by atoms with E-state index in [1.165, 1.54) is 71.2 Å². The minimum Gasteiger partial charge on any atom is -0.184 e. The number of fused-ring (bicyclic) bond motifs is 4. The van der Waals surface area contributed by atoms with Crippen molar-refractivity contribution in [3.05, 3.63) is 163 Å². The third kappa shape index (κ3) is 7.12. The molecule has 0 atom stereocenters. The van der Waals surface area contributed by atoms with Gasteiger partial charge in [-0.15, -0.1) is 40.1 Å². The van der Waals surface area contributed by atoms with Gasteiger partial charge in [-0.1, -0.05) is 151 Å². The second kappa shape index (κ2) is 15.5. The van der Waals surface area contributed by atoms with E-state index in [0.717, 1.165) is 9.52 Å². The molecule has 0 aliphatic carbocycles. The summed E-state index contributed by atoms with van der Waals surface area (Å²) in [5, 5.41) is 5.46. The molecule has 1 heterocycles. The topological polar surface area (TPSA) is 0 Å². The zero-order valence-corrected chi connectivity index (χ0v) is 30.7. The van der Waals surface area contributed by atoms with Gasteiger partial charge in [0.05, 0.1) is 9.52 Å². The molecule has 4 heteroatoms. The first-order chi connectivity index (χ1) is 22.6. The van der Waals surface area contributed by atoms with E-state index in [2.05, 4.69) is 166 Å². The van der Waals surface area contributed by atoms with E-state index in [1.54, 1.807) is 0 Å². The molecular formula is C42H32Cl2SiZr. The molecule has 0 amide bonds. The Morgan fingerprint density at radius 1 is 0.630 bits per heavy atom. The van der Waals surface area contributed by atoms with Gasteiger partial charge in [0.2, 0.25) is 0 Å². The van der Waals surface area contributed by atoms with Crippen molar-refractivity contribution >= 4 is 47.7 Å². The molecule has 8 rings (SSSR count). The first kappa shape index (κ1) is 32.5. The van der Waals surface area contributed by atoms with Crippen LogP contribution in [0, 0.1) is 6.07 Å². The Morgan fingerprint density at radius 3 is 1.91 bits per heavy atom. The molecule has 222 valence electrons. The fraction of sp³-hybridized carbons (Fsp3) is 0.0714. The molecule has 0 fully saturated rings. The summed E-state index contributed by atoms with van der Waals surface area (Å²) in [7, 11) is 10.7. The Balaban J connectivity index is 0.000000191. The van der Waals surface area contributed by atoms with Gasteiger partial charge in [-0.3, -0.25) is 0 Å². The van der Waals surface area contributed by atoms with Gasteiger partial charge in [0.25, 0.3) is 0 Å². The maximum atomic E-state index is 4.93. The number of hydrogen-bond acceptors (Lipinski definition) is 0. The summed E-state index contributed by atoms with van der Waals surface area (Å²) >= 11 is -0.826. The van der Waals surface area contributed by atoms with Gasteiger partial charge in [-0.25, -0.2) is 0 Å². The predicted molar refractivity (Wildman–Crippen MR) is 197 cm³/mol. The van der Waals surface area contributed by atoms with Crippen molar-refractivity contribution in [2.24, 2.45) is 0 Å². The molecule has 1 aliphatic heterocycles. The molecule has 7 aromatic carbocycles. The van der Waals surface area contributed by atoms with Crippen LogP contribution >= 0.6 is 17.0 Å². The quantitative estimate of drug-likeness (QED) is 0.125. The monoisotopic (exact) mass is 724 g/mol. The van der Waals surface area contributed by atoms with E-state index in [4.69, 9.17) is 17.0 Å². The van der Waals surface area contributed by atoms with E-state index >= 15 is 0 Å². The molecule has 0 aromatic heterocycles. The Labute approximate surface area is 293 Å². The second-order valence-corrected chi connectivity index (χ2v) is 16.4. The van der Waals surface area contributed by atoms with Crippen LogP contribution in [-0.4, -0.2) is 9.52 Å². The Kier molecular flexibility index (Phi) is 10.9. The molecule has 0 bridgehead atoms. The zero-order chi connectivity index (χ0) is 31.9. The third-order valence-electron chi connectivity index (χ3n) is 8.27. The van der Waals surface area contributed by atoms with E-state index in [9.17, 15) is 0 Å². The molecule has 46 heavy (non-hydrogen) atoms. The molecule has 0 saturated carbocycles. The maximum absolute atomic E-state index is 4.93. The molecule has 0 saturated heterocycles. The number of hydrogen-bond donors (Lipinski definition) is 0. The normalized spacial score (nSPS) is 11.1. The Hall–Kier alpha value is -3.39. The van der Waals surface area contributed by atoms with Crippen LogP contribution in [0.5, 0.6) is 0 Å². The van der Waals surface area contributed by atoms with Crippen molar-refractivity contribution in [3.63, 3.8) is 0 Å². The molecule has 0 N–H and O–H groups in total. The van der Waals surface area contributed by atoms with Gasteiger partial charge >= 0.3 is 37.9 Å². The van der Waals surface area contributed by atoms with E-state index < -0.39 is 20.8 Å². The van der Waals surface area contributed by atoms with E-state index in [0.29, 0.717) is 5.92 Å². The predicted octanol–water partition coefficient (Wildman–Crippen LogP) is 11.2. The molecule has 0 spiro atoms. The van der Waals surface area contributed by atoms with E-state index in [1.807, 2.05) is 6.07 Å². The summed E-state index contributed by atoms with van der Waals surface area (Å²) < 4.78 is 0. The largest absolute Gasteiger partial charge is 0.184 e. The SMILES string of the molecule is CC(C)c1ccc2[cH-]c(-c3ccccc3)cc2c1-c1ccccc1-c1ccccc1.[Cl][Zr+2][Cl].[c-]1cccc2c1[Si]c1ccccc1-2.